The molecule has 4 aliphatic heterocycles. The molecule has 2 atom stereocenters. The standard InChI is InChI=1S/C45H45F3N8O6S/c46-31-14-16-55(26-31)63(61,62)52-37-11-10-36(47)40(41(37)48)42(58)35-24-50-43-34(35)22-29(23-49-43)28-5-7-32(8-6-28)54-19-17-53(18-20-54)15-2-1-3-27-4-9-33-30(21-27)25-56(45(33)60)38-12-13-39(57)51-44(38)59/h4-11,21-24,31,38,52H,1-3,12-20,25-26H2,(H,49,50)(H,51,57,59)/t31-,38?/m1/s1. The van der Waals surface area contributed by atoms with Crippen LogP contribution in [0.2, 0.25) is 0 Å². The number of hydrogen-bond donors (Lipinski definition) is 3. The Morgan fingerprint density at radius 1 is 0.905 bits per heavy atom. The average Bonchev–Trinajstić information content (AvgIpc) is 4.00. The van der Waals surface area contributed by atoms with E-state index in [9.17, 15) is 32.0 Å². The summed E-state index contributed by atoms with van der Waals surface area (Å²) in [5.74, 6) is -4.43. The Morgan fingerprint density at radius 3 is 2.44 bits per heavy atom. The lowest BCUT2D eigenvalue weighted by Gasteiger charge is -2.36. The van der Waals surface area contributed by atoms with Gasteiger partial charge in [0, 0.05) is 92.4 Å². The number of piperidine rings is 1. The number of hydrogen-bond acceptors (Lipinski definition) is 9. The fraction of sp³-hybridized carbons (Fsp3) is 0.356. The second-order valence-corrected chi connectivity index (χ2v) is 18.2. The van der Waals surface area contributed by atoms with Gasteiger partial charge in [-0.25, -0.2) is 18.2 Å². The van der Waals surface area contributed by atoms with Crippen LogP contribution in [0.1, 0.15) is 69.5 Å². The second kappa shape index (κ2) is 17.2. The lowest BCUT2D eigenvalue weighted by molar-refractivity contribution is -0.136. The van der Waals surface area contributed by atoms with E-state index in [-0.39, 0.29) is 43.3 Å². The molecule has 3 aromatic carbocycles. The molecule has 18 heteroatoms. The van der Waals surface area contributed by atoms with Crippen molar-refractivity contribution in [1.82, 2.24) is 29.4 Å². The Morgan fingerprint density at radius 2 is 1.70 bits per heavy atom. The van der Waals surface area contributed by atoms with E-state index in [1.54, 1.807) is 17.2 Å². The minimum atomic E-state index is -4.35. The van der Waals surface area contributed by atoms with E-state index in [0.29, 0.717) is 35.1 Å². The lowest BCUT2D eigenvalue weighted by Crippen LogP contribution is -2.52. The molecule has 1 unspecified atom stereocenters. The first-order valence-electron chi connectivity index (χ1n) is 21.1. The molecule has 0 aliphatic carbocycles. The largest absolute Gasteiger partial charge is 0.369 e. The monoisotopic (exact) mass is 882 g/mol. The topological polar surface area (TPSA) is 168 Å². The molecule has 0 bridgehead atoms. The highest BCUT2D eigenvalue weighted by atomic mass is 32.2. The van der Waals surface area contributed by atoms with Gasteiger partial charge in [-0.05, 0) is 91.7 Å². The summed E-state index contributed by atoms with van der Waals surface area (Å²) in [4.78, 5) is 64.4. The van der Waals surface area contributed by atoms with Crippen molar-refractivity contribution in [1.29, 1.82) is 0 Å². The number of benzene rings is 3. The molecule has 5 aromatic rings. The summed E-state index contributed by atoms with van der Waals surface area (Å²) in [5.41, 5.74) is 3.97. The van der Waals surface area contributed by atoms with Crippen molar-refractivity contribution in [2.75, 3.05) is 55.4 Å². The number of aromatic nitrogens is 2. The minimum absolute atomic E-state index is 0.00268. The number of piperazine rings is 1. The van der Waals surface area contributed by atoms with Gasteiger partial charge in [0.25, 0.3) is 5.91 Å². The van der Waals surface area contributed by atoms with Gasteiger partial charge in [0.1, 0.15) is 23.7 Å². The zero-order valence-corrected chi connectivity index (χ0v) is 35.0. The van der Waals surface area contributed by atoms with E-state index in [2.05, 4.69) is 31.2 Å². The SMILES string of the molecule is O=C1CCC(N2Cc3cc(CCCCN4CCN(c5ccc(-c6cnc7[nH]cc(C(=O)c8c(F)ccc(NS(=O)(=O)N9CC[C@@H](F)C9)c8F)c7c6)cc5)CC4)ccc3C2=O)C(=O)N1. The van der Waals surface area contributed by atoms with E-state index in [1.165, 1.54) is 6.20 Å². The van der Waals surface area contributed by atoms with Crippen molar-refractivity contribution < 1.29 is 40.8 Å². The number of H-pyrrole nitrogens is 1. The number of imide groups is 1. The molecule has 4 aliphatic rings. The van der Waals surface area contributed by atoms with Gasteiger partial charge in [-0.3, -0.25) is 34.1 Å². The number of carbonyl (C=O) groups excluding carboxylic acids is 4. The summed E-state index contributed by atoms with van der Waals surface area (Å²) in [6.45, 7) is 4.41. The summed E-state index contributed by atoms with van der Waals surface area (Å²) in [7, 11) is -4.35. The number of amides is 3. The van der Waals surface area contributed by atoms with Crippen molar-refractivity contribution >= 4 is 56.1 Å². The summed E-state index contributed by atoms with van der Waals surface area (Å²) in [6, 6.07) is 16.7. The molecule has 3 saturated heterocycles. The van der Waals surface area contributed by atoms with Crippen molar-refractivity contribution in [2.45, 2.75) is 57.3 Å². The second-order valence-electron chi connectivity index (χ2n) is 16.5. The Labute approximate surface area is 361 Å². The van der Waals surface area contributed by atoms with Gasteiger partial charge >= 0.3 is 10.2 Å². The first kappa shape index (κ1) is 42.2. The molecule has 9 rings (SSSR count). The molecule has 3 N–H and O–H groups in total. The van der Waals surface area contributed by atoms with Gasteiger partial charge in [-0.1, -0.05) is 24.3 Å². The number of aryl methyl sites for hydroxylation is 1. The molecule has 2 aromatic heterocycles. The highest BCUT2D eigenvalue weighted by molar-refractivity contribution is 7.90. The van der Waals surface area contributed by atoms with Crippen molar-refractivity contribution in [3.05, 3.63) is 113 Å². The number of nitrogens with one attached hydrogen (secondary N) is 3. The van der Waals surface area contributed by atoms with Gasteiger partial charge in [0.05, 0.1) is 11.3 Å². The Bertz CT molecular complexity index is 2740. The van der Waals surface area contributed by atoms with Crippen LogP contribution in [0.3, 0.4) is 0 Å². The van der Waals surface area contributed by atoms with Crippen LogP contribution in [0.15, 0.2) is 73.1 Å². The Hall–Kier alpha value is -6.11. The molecule has 0 saturated carbocycles. The Balaban J connectivity index is 0.778. The van der Waals surface area contributed by atoms with Gasteiger partial charge in [0.15, 0.2) is 5.82 Å². The number of unbranched alkanes of at least 4 members (excludes halogenated alkanes) is 1. The fourth-order valence-corrected chi connectivity index (χ4v) is 10.2. The highest BCUT2D eigenvalue weighted by Gasteiger charge is 2.39. The van der Waals surface area contributed by atoms with Gasteiger partial charge in [-0.2, -0.15) is 12.7 Å². The molecule has 63 heavy (non-hydrogen) atoms. The van der Waals surface area contributed by atoms with E-state index in [0.717, 1.165) is 90.8 Å². The maximum absolute atomic E-state index is 15.7. The van der Waals surface area contributed by atoms with Crippen molar-refractivity contribution in [3.8, 4) is 11.1 Å². The average molecular weight is 883 g/mol. The highest BCUT2D eigenvalue weighted by Crippen LogP contribution is 2.32. The van der Waals surface area contributed by atoms with Crippen LogP contribution < -0.4 is 14.9 Å². The number of aromatic amines is 1. The van der Waals surface area contributed by atoms with E-state index in [1.807, 2.05) is 41.1 Å². The molecule has 14 nitrogen and oxygen atoms in total. The zero-order valence-electron chi connectivity index (χ0n) is 34.2. The maximum Gasteiger partial charge on any atom is 0.301 e. The van der Waals surface area contributed by atoms with E-state index >= 15 is 8.78 Å². The van der Waals surface area contributed by atoms with Gasteiger partial charge in [-0.15, -0.1) is 0 Å². The van der Waals surface area contributed by atoms with Crippen LogP contribution in [0.25, 0.3) is 22.2 Å². The maximum atomic E-state index is 15.7. The van der Waals surface area contributed by atoms with Gasteiger partial charge < -0.3 is 14.8 Å². The lowest BCUT2D eigenvalue weighted by atomic mass is 9.99. The number of alkyl halides is 1. The zero-order chi connectivity index (χ0) is 44.0. The number of pyridine rings is 1. The third kappa shape index (κ3) is 8.54. The quantitative estimate of drug-likeness (QED) is 0.0803. The van der Waals surface area contributed by atoms with Crippen LogP contribution in [-0.4, -0.2) is 114 Å². The third-order valence-corrected chi connectivity index (χ3v) is 14.0. The number of carbonyl (C=O) groups is 4. The third-order valence-electron chi connectivity index (χ3n) is 12.5. The molecule has 0 spiro atoms. The summed E-state index contributed by atoms with van der Waals surface area (Å²) in [5, 5.41) is 2.68. The predicted octanol–water partition coefficient (Wildman–Crippen LogP) is 5.35. The van der Waals surface area contributed by atoms with Crippen LogP contribution in [0.4, 0.5) is 24.5 Å². The fourth-order valence-electron chi connectivity index (χ4n) is 8.97. The summed E-state index contributed by atoms with van der Waals surface area (Å²) in [6.07, 6.45) is 5.09. The molecule has 3 amide bonds. The molecule has 0 radical (unpaired) electrons. The number of ketones is 1. The van der Waals surface area contributed by atoms with Crippen LogP contribution in [0.5, 0.6) is 0 Å². The number of fused-ring (bicyclic) bond motifs is 2. The molecule has 328 valence electrons. The number of rotatable bonds is 13. The first-order chi connectivity index (χ1) is 30.3. The van der Waals surface area contributed by atoms with Crippen LogP contribution in [-0.2, 0) is 32.8 Å². The Kier molecular flexibility index (Phi) is 11.5. The van der Waals surface area contributed by atoms with Crippen LogP contribution >= 0.6 is 0 Å². The van der Waals surface area contributed by atoms with Crippen molar-refractivity contribution in [2.24, 2.45) is 0 Å². The summed E-state index contributed by atoms with van der Waals surface area (Å²) < 4.78 is 73.0. The predicted molar refractivity (Wildman–Crippen MR) is 229 cm³/mol. The molecular weight excluding hydrogens is 838 g/mol. The number of nitrogens with zero attached hydrogens (tertiary/aromatic N) is 5. The van der Waals surface area contributed by atoms with Gasteiger partial charge in [0.2, 0.25) is 17.6 Å². The minimum Gasteiger partial charge on any atom is -0.369 e. The number of anilines is 2. The van der Waals surface area contributed by atoms with Crippen LogP contribution in [0, 0.1) is 11.6 Å². The van der Waals surface area contributed by atoms with E-state index in [4.69, 9.17) is 0 Å². The van der Waals surface area contributed by atoms with Crippen molar-refractivity contribution in [3.63, 3.8) is 0 Å². The smallest absolute Gasteiger partial charge is 0.301 e. The number of halogens is 3. The van der Waals surface area contributed by atoms with E-state index < -0.39 is 57.0 Å². The molecular formula is C45H45F3N8O6S. The summed E-state index contributed by atoms with van der Waals surface area (Å²) >= 11 is 0. The normalized spacial score (nSPS) is 19.8. The molecule has 3 fully saturated rings. The molecule has 6 heterocycles. The first-order valence-corrected chi connectivity index (χ1v) is 22.5.